The molecule has 4 rings (SSSR count). The second kappa shape index (κ2) is 5.95. The molecular weight excluding hydrogens is 386 g/mol. The summed E-state index contributed by atoms with van der Waals surface area (Å²) in [6, 6.07) is 7.86. The van der Waals surface area contributed by atoms with Crippen LogP contribution in [0, 0.1) is 11.8 Å². The highest BCUT2D eigenvalue weighted by molar-refractivity contribution is 9.10. The van der Waals surface area contributed by atoms with Crippen molar-refractivity contribution in [1.82, 2.24) is 4.90 Å². The fraction of sp³-hybridized carbons (Fsp3) is 0.474. The first-order valence-electron chi connectivity index (χ1n) is 8.56. The van der Waals surface area contributed by atoms with Gasteiger partial charge in [0, 0.05) is 4.47 Å². The van der Waals surface area contributed by atoms with Crippen LogP contribution >= 0.6 is 15.9 Å². The third-order valence-electron chi connectivity index (χ3n) is 5.51. The molecule has 2 saturated heterocycles. The molecule has 5 atom stereocenters. The van der Waals surface area contributed by atoms with Crippen molar-refractivity contribution in [3.05, 3.63) is 46.5 Å². The molecule has 3 heterocycles. The fourth-order valence-electron chi connectivity index (χ4n) is 4.28. The van der Waals surface area contributed by atoms with Gasteiger partial charge in [0.1, 0.15) is 11.5 Å². The van der Waals surface area contributed by atoms with Gasteiger partial charge in [0.05, 0.1) is 31.2 Å². The Morgan fingerprint density at radius 1 is 1.44 bits per heavy atom. The molecule has 0 N–H and O–H groups in total. The van der Waals surface area contributed by atoms with Crippen LogP contribution in [0.2, 0.25) is 0 Å². The molecule has 0 radical (unpaired) electrons. The van der Waals surface area contributed by atoms with Crippen LogP contribution in [0.25, 0.3) is 0 Å². The number of halogens is 1. The van der Waals surface area contributed by atoms with Crippen molar-refractivity contribution in [3.63, 3.8) is 0 Å². The fourth-order valence-corrected chi connectivity index (χ4v) is 4.55. The molecule has 3 aliphatic rings. The van der Waals surface area contributed by atoms with Crippen LogP contribution in [0.15, 0.2) is 40.9 Å². The third-order valence-corrected chi connectivity index (χ3v) is 6.04. The molecule has 6 heteroatoms. The van der Waals surface area contributed by atoms with E-state index in [1.54, 1.807) is 6.92 Å². The Morgan fingerprint density at radius 3 is 2.84 bits per heavy atom. The summed E-state index contributed by atoms with van der Waals surface area (Å²) < 4.78 is 12.3. The first-order valence-corrected chi connectivity index (χ1v) is 9.36. The van der Waals surface area contributed by atoms with E-state index in [1.807, 2.05) is 48.2 Å². The summed E-state index contributed by atoms with van der Waals surface area (Å²) in [5, 5.41) is 0. The second-order valence-corrected chi connectivity index (χ2v) is 7.76. The zero-order valence-corrected chi connectivity index (χ0v) is 15.7. The van der Waals surface area contributed by atoms with E-state index in [0.29, 0.717) is 13.2 Å². The number of hydrogen-bond donors (Lipinski definition) is 0. The summed E-state index contributed by atoms with van der Waals surface area (Å²) in [7, 11) is 0. The number of carbonyl (C=O) groups is 2. The molecule has 25 heavy (non-hydrogen) atoms. The van der Waals surface area contributed by atoms with Gasteiger partial charge in [0.25, 0.3) is 0 Å². The lowest BCUT2D eigenvalue weighted by Gasteiger charge is -2.27. The molecule has 1 amide bonds. The van der Waals surface area contributed by atoms with Crippen LogP contribution in [-0.2, 0) is 19.1 Å². The molecule has 132 valence electrons. The number of amides is 1. The van der Waals surface area contributed by atoms with Gasteiger partial charge < -0.3 is 14.4 Å². The van der Waals surface area contributed by atoms with Gasteiger partial charge in [0.15, 0.2) is 0 Å². The van der Waals surface area contributed by atoms with Crippen molar-refractivity contribution in [2.45, 2.75) is 31.6 Å². The summed E-state index contributed by atoms with van der Waals surface area (Å²) in [5.41, 5.74) is 0.363. The third kappa shape index (κ3) is 2.46. The predicted molar refractivity (Wildman–Crippen MR) is 94.6 cm³/mol. The van der Waals surface area contributed by atoms with E-state index in [-0.39, 0.29) is 24.0 Å². The van der Waals surface area contributed by atoms with Crippen LogP contribution in [0.1, 0.15) is 25.5 Å². The van der Waals surface area contributed by atoms with Crippen LogP contribution < -0.4 is 0 Å². The Labute approximate surface area is 155 Å². The van der Waals surface area contributed by atoms with E-state index in [4.69, 9.17) is 9.47 Å². The monoisotopic (exact) mass is 405 g/mol. The molecule has 1 aromatic carbocycles. The largest absolute Gasteiger partial charge is 0.466 e. The number of hydrogen-bond acceptors (Lipinski definition) is 4. The van der Waals surface area contributed by atoms with Gasteiger partial charge in [-0.1, -0.05) is 40.2 Å². The van der Waals surface area contributed by atoms with Crippen molar-refractivity contribution >= 4 is 27.8 Å². The van der Waals surface area contributed by atoms with E-state index in [2.05, 4.69) is 15.9 Å². The molecule has 0 aromatic heterocycles. The van der Waals surface area contributed by atoms with Gasteiger partial charge in [-0.05, 0) is 31.5 Å². The number of ether oxygens (including phenoxy) is 2. The van der Waals surface area contributed by atoms with Gasteiger partial charge in [-0.15, -0.1) is 0 Å². The summed E-state index contributed by atoms with van der Waals surface area (Å²) in [6.45, 7) is 4.56. The summed E-state index contributed by atoms with van der Waals surface area (Å²) in [4.78, 5) is 27.4. The minimum absolute atomic E-state index is 0.0275. The molecule has 0 saturated carbocycles. The van der Waals surface area contributed by atoms with Gasteiger partial charge in [-0.3, -0.25) is 9.59 Å². The molecular formula is C19H20BrNO4. The lowest BCUT2D eigenvalue weighted by atomic mass is 9.77. The van der Waals surface area contributed by atoms with Crippen LogP contribution in [-0.4, -0.2) is 41.6 Å². The summed E-state index contributed by atoms with van der Waals surface area (Å²) in [5.74, 6) is -1.39. The maximum atomic E-state index is 13.2. The number of likely N-dealkylation sites (tertiary alicyclic amines) is 1. The smallest absolute Gasteiger partial charge is 0.312 e. The Balaban J connectivity index is 1.63. The van der Waals surface area contributed by atoms with Gasteiger partial charge >= 0.3 is 5.97 Å². The van der Waals surface area contributed by atoms with Crippen molar-refractivity contribution in [2.24, 2.45) is 11.8 Å². The zero-order valence-electron chi connectivity index (χ0n) is 14.1. The molecule has 1 spiro atoms. The zero-order chi connectivity index (χ0) is 17.8. The Bertz CT molecular complexity index is 746. The predicted octanol–water partition coefficient (Wildman–Crippen LogP) is 2.86. The average Bonchev–Trinajstić information content (AvgIpc) is 3.23. The maximum Gasteiger partial charge on any atom is 0.312 e. The van der Waals surface area contributed by atoms with Gasteiger partial charge in [-0.2, -0.15) is 0 Å². The molecule has 0 aliphatic carbocycles. The van der Waals surface area contributed by atoms with E-state index in [1.165, 1.54) is 0 Å². The van der Waals surface area contributed by atoms with Crippen LogP contribution in [0.5, 0.6) is 0 Å². The normalized spacial score (nSPS) is 33.6. The van der Waals surface area contributed by atoms with Crippen molar-refractivity contribution in [2.75, 3.05) is 13.2 Å². The lowest BCUT2D eigenvalue weighted by molar-refractivity contribution is -0.153. The maximum absolute atomic E-state index is 13.2. The number of fused-ring (bicyclic) bond motifs is 1. The minimum atomic E-state index is -0.692. The quantitative estimate of drug-likeness (QED) is 0.570. The number of carbonyl (C=O) groups excluding carboxylic acids is 2. The van der Waals surface area contributed by atoms with E-state index in [9.17, 15) is 9.59 Å². The van der Waals surface area contributed by atoms with E-state index >= 15 is 0 Å². The highest BCUT2D eigenvalue weighted by atomic mass is 79.9. The minimum Gasteiger partial charge on any atom is -0.466 e. The second-order valence-electron chi connectivity index (χ2n) is 6.85. The first kappa shape index (κ1) is 16.8. The highest BCUT2D eigenvalue weighted by Gasteiger charge is 2.67. The molecule has 0 unspecified atom stereocenters. The SMILES string of the molecule is CCOC(=O)[C@H]1[C@H]2C(=O)N([C@H](C)c3ccc(Br)cc3)C[C@@]23C=C[C@H]1O3. The molecule has 3 aliphatic heterocycles. The Hall–Kier alpha value is -1.66. The Kier molecular flexibility index (Phi) is 4.00. The lowest BCUT2D eigenvalue weighted by Crippen LogP contribution is -2.40. The highest BCUT2D eigenvalue weighted by Crippen LogP contribution is 2.53. The van der Waals surface area contributed by atoms with Crippen molar-refractivity contribution < 1.29 is 19.1 Å². The summed E-state index contributed by atoms with van der Waals surface area (Å²) in [6.07, 6.45) is 3.52. The van der Waals surface area contributed by atoms with Crippen LogP contribution in [0.4, 0.5) is 0 Å². The number of esters is 1. The molecule has 2 fully saturated rings. The van der Waals surface area contributed by atoms with Crippen molar-refractivity contribution in [3.8, 4) is 0 Å². The summed E-state index contributed by atoms with van der Waals surface area (Å²) >= 11 is 3.43. The van der Waals surface area contributed by atoms with Gasteiger partial charge in [-0.25, -0.2) is 0 Å². The topological polar surface area (TPSA) is 55.8 Å². The Morgan fingerprint density at radius 2 is 2.16 bits per heavy atom. The van der Waals surface area contributed by atoms with Crippen molar-refractivity contribution in [1.29, 1.82) is 0 Å². The van der Waals surface area contributed by atoms with Gasteiger partial charge in [0.2, 0.25) is 5.91 Å². The van der Waals surface area contributed by atoms with E-state index in [0.717, 1.165) is 10.0 Å². The standard InChI is InChI=1S/C19H20BrNO4/c1-3-24-18(23)15-14-8-9-19(25-14)10-21(17(22)16(15)19)11(2)12-4-6-13(20)7-5-12/h4-9,11,14-16H,3,10H2,1-2H3/t11-,14-,15-,16+,19+/m1/s1. The average molecular weight is 406 g/mol. The molecule has 5 nitrogen and oxygen atoms in total. The molecule has 1 aromatic rings. The van der Waals surface area contributed by atoms with E-state index < -0.39 is 17.4 Å². The first-order chi connectivity index (χ1) is 12.0. The number of benzene rings is 1. The molecule has 2 bridgehead atoms. The number of nitrogens with zero attached hydrogens (tertiary/aromatic N) is 1. The van der Waals surface area contributed by atoms with Crippen LogP contribution in [0.3, 0.4) is 0 Å². The number of rotatable bonds is 4.